The lowest BCUT2D eigenvalue weighted by Crippen LogP contribution is -2.47. The van der Waals surface area contributed by atoms with Gasteiger partial charge >= 0.3 is 5.97 Å². The first-order chi connectivity index (χ1) is 12.6. The number of carbonyl (C=O) groups excluding carboxylic acids is 1. The molecule has 2 fully saturated rings. The lowest BCUT2D eigenvalue weighted by atomic mass is 9.92. The molecule has 0 radical (unpaired) electrons. The van der Waals surface area contributed by atoms with Crippen molar-refractivity contribution in [2.75, 3.05) is 33.3 Å². The standard InChI is InChI=1S/C21H31N3O2/c1-4-22-20(24-13-9-17(10-14-24)19(25)26-3)23-15-21(11-12-21)18-8-6-5-7-16(18)2/h5-8,17H,4,9-15H2,1-3H3,(H,22,23). The van der Waals surface area contributed by atoms with E-state index < -0.39 is 0 Å². The predicted molar refractivity (Wildman–Crippen MR) is 104 cm³/mol. The van der Waals surface area contributed by atoms with Crippen LogP contribution in [0.25, 0.3) is 0 Å². The molecule has 1 aliphatic heterocycles. The zero-order chi connectivity index (χ0) is 18.6. The van der Waals surface area contributed by atoms with E-state index in [0.29, 0.717) is 0 Å². The highest BCUT2D eigenvalue weighted by atomic mass is 16.5. The highest BCUT2D eigenvalue weighted by Crippen LogP contribution is 2.49. The maximum Gasteiger partial charge on any atom is 0.308 e. The fraction of sp³-hybridized carbons (Fsp3) is 0.619. The van der Waals surface area contributed by atoms with Crippen LogP contribution in [0, 0.1) is 12.8 Å². The topological polar surface area (TPSA) is 53.9 Å². The molecule has 3 rings (SSSR count). The van der Waals surface area contributed by atoms with E-state index in [1.807, 2.05) is 0 Å². The number of nitrogens with zero attached hydrogens (tertiary/aromatic N) is 2. The molecule has 5 nitrogen and oxygen atoms in total. The Bertz CT molecular complexity index is 659. The lowest BCUT2D eigenvalue weighted by molar-refractivity contribution is -0.146. The number of benzene rings is 1. The molecule has 0 unspecified atom stereocenters. The number of hydrogen-bond acceptors (Lipinski definition) is 3. The molecule has 1 heterocycles. The first-order valence-corrected chi connectivity index (χ1v) is 9.77. The molecule has 1 saturated heterocycles. The summed E-state index contributed by atoms with van der Waals surface area (Å²) in [5.41, 5.74) is 3.03. The second-order valence-corrected chi connectivity index (χ2v) is 7.55. The summed E-state index contributed by atoms with van der Waals surface area (Å²) in [5.74, 6) is 0.930. The van der Waals surface area contributed by atoms with Crippen molar-refractivity contribution in [3.05, 3.63) is 35.4 Å². The highest BCUT2D eigenvalue weighted by molar-refractivity contribution is 5.80. The number of aliphatic imine (C=N–C) groups is 1. The number of guanidine groups is 1. The van der Waals surface area contributed by atoms with Crippen LogP contribution in [-0.4, -0.2) is 50.1 Å². The van der Waals surface area contributed by atoms with Crippen molar-refractivity contribution in [3.8, 4) is 0 Å². The van der Waals surface area contributed by atoms with Crippen molar-refractivity contribution in [1.29, 1.82) is 0 Å². The lowest BCUT2D eigenvalue weighted by Gasteiger charge is -2.33. The number of rotatable bonds is 5. The largest absolute Gasteiger partial charge is 0.469 e. The van der Waals surface area contributed by atoms with Gasteiger partial charge in [-0.25, -0.2) is 0 Å². The van der Waals surface area contributed by atoms with Crippen LogP contribution in [0.4, 0.5) is 0 Å². The number of aryl methyl sites for hydroxylation is 1. The summed E-state index contributed by atoms with van der Waals surface area (Å²) >= 11 is 0. The first-order valence-electron chi connectivity index (χ1n) is 9.77. The highest BCUT2D eigenvalue weighted by Gasteiger charge is 2.45. The van der Waals surface area contributed by atoms with E-state index in [1.54, 1.807) is 0 Å². The minimum atomic E-state index is -0.0805. The van der Waals surface area contributed by atoms with Crippen molar-refractivity contribution < 1.29 is 9.53 Å². The van der Waals surface area contributed by atoms with E-state index in [2.05, 4.69) is 48.3 Å². The quantitative estimate of drug-likeness (QED) is 0.500. The van der Waals surface area contributed by atoms with Gasteiger partial charge in [0.15, 0.2) is 5.96 Å². The van der Waals surface area contributed by atoms with E-state index in [-0.39, 0.29) is 17.3 Å². The van der Waals surface area contributed by atoms with Crippen LogP contribution in [-0.2, 0) is 14.9 Å². The normalized spacial score (nSPS) is 20.0. The number of nitrogens with one attached hydrogen (secondary N) is 1. The summed E-state index contributed by atoms with van der Waals surface area (Å²) in [6, 6.07) is 8.69. The Morgan fingerprint density at radius 1 is 1.31 bits per heavy atom. The summed E-state index contributed by atoms with van der Waals surface area (Å²) < 4.78 is 4.89. The van der Waals surface area contributed by atoms with E-state index in [9.17, 15) is 4.79 Å². The molecule has 2 aliphatic rings. The van der Waals surface area contributed by atoms with Crippen LogP contribution in [0.2, 0.25) is 0 Å². The molecule has 0 amide bonds. The van der Waals surface area contributed by atoms with Crippen molar-refractivity contribution in [1.82, 2.24) is 10.2 Å². The van der Waals surface area contributed by atoms with Crippen LogP contribution in [0.5, 0.6) is 0 Å². The maximum absolute atomic E-state index is 11.7. The summed E-state index contributed by atoms with van der Waals surface area (Å²) in [7, 11) is 1.47. The van der Waals surface area contributed by atoms with Crippen LogP contribution in [0.15, 0.2) is 29.3 Å². The zero-order valence-electron chi connectivity index (χ0n) is 16.3. The van der Waals surface area contributed by atoms with Crippen LogP contribution < -0.4 is 5.32 Å². The number of ether oxygens (including phenoxy) is 1. The van der Waals surface area contributed by atoms with Crippen molar-refractivity contribution in [2.24, 2.45) is 10.9 Å². The summed E-state index contributed by atoms with van der Waals surface area (Å²) in [6.45, 7) is 7.68. The molecular weight excluding hydrogens is 326 g/mol. The van der Waals surface area contributed by atoms with Gasteiger partial charge in [0.05, 0.1) is 19.6 Å². The Hall–Kier alpha value is -2.04. The monoisotopic (exact) mass is 357 g/mol. The molecule has 1 aromatic rings. The van der Waals surface area contributed by atoms with Gasteiger partial charge in [-0.05, 0) is 50.7 Å². The van der Waals surface area contributed by atoms with Gasteiger partial charge in [-0.2, -0.15) is 0 Å². The third kappa shape index (κ3) is 4.02. The zero-order valence-corrected chi connectivity index (χ0v) is 16.3. The number of methoxy groups -OCH3 is 1. The molecule has 1 aliphatic carbocycles. The van der Waals surface area contributed by atoms with Gasteiger partial charge in [0.25, 0.3) is 0 Å². The van der Waals surface area contributed by atoms with Gasteiger partial charge in [-0.1, -0.05) is 24.3 Å². The van der Waals surface area contributed by atoms with Crippen LogP contribution in [0.1, 0.15) is 43.7 Å². The van der Waals surface area contributed by atoms with Gasteiger partial charge in [0.2, 0.25) is 0 Å². The van der Waals surface area contributed by atoms with Crippen LogP contribution >= 0.6 is 0 Å². The van der Waals surface area contributed by atoms with Gasteiger partial charge in [0.1, 0.15) is 0 Å². The molecule has 142 valence electrons. The first kappa shape index (κ1) is 18.7. The molecule has 1 saturated carbocycles. The molecule has 0 bridgehead atoms. The predicted octanol–water partition coefficient (Wildman–Crippen LogP) is 2.88. The third-order valence-corrected chi connectivity index (χ3v) is 5.77. The summed E-state index contributed by atoms with van der Waals surface area (Å²) in [6.07, 6.45) is 4.09. The van der Waals surface area contributed by atoms with Crippen molar-refractivity contribution in [2.45, 2.75) is 44.9 Å². The SMILES string of the molecule is CCNC(=NCC1(c2ccccc2C)CC1)N1CCC(C(=O)OC)CC1. The van der Waals surface area contributed by atoms with Crippen molar-refractivity contribution >= 4 is 11.9 Å². The van der Waals surface area contributed by atoms with E-state index in [0.717, 1.165) is 45.0 Å². The number of piperidine rings is 1. The Morgan fingerprint density at radius 3 is 2.58 bits per heavy atom. The van der Waals surface area contributed by atoms with E-state index >= 15 is 0 Å². The van der Waals surface area contributed by atoms with Gasteiger partial charge in [-0.3, -0.25) is 9.79 Å². The maximum atomic E-state index is 11.7. The minimum absolute atomic E-state index is 0.0286. The molecule has 0 aromatic heterocycles. The molecule has 5 heteroatoms. The second-order valence-electron chi connectivity index (χ2n) is 7.55. The minimum Gasteiger partial charge on any atom is -0.469 e. The molecule has 26 heavy (non-hydrogen) atoms. The number of hydrogen-bond donors (Lipinski definition) is 1. The molecule has 0 atom stereocenters. The number of esters is 1. The number of carbonyl (C=O) groups is 1. The Balaban J connectivity index is 1.67. The van der Waals surface area contributed by atoms with Gasteiger partial charge < -0.3 is 15.0 Å². The third-order valence-electron chi connectivity index (χ3n) is 5.77. The van der Waals surface area contributed by atoms with E-state index in [4.69, 9.17) is 9.73 Å². The van der Waals surface area contributed by atoms with Crippen molar-refractivity contribution in [3.63, 3.8) is 0 Å². The molecule has 1 N–H and O–H groups in total. The smallest absolute Gasteiger partial charge is 0.308 e. The fourth-order valence-corrected chi connectivity index (χ4v) is 3.98. The Kier molecular flexibility index (Phi) is 5.84. The van der Waals surface area contributed by atoms with E-state index in [1.165, 1.54) is 31.1 Å². The average Bonchev–Trinajstić information content (AvgIpc) is 3.46. The van der Waals surface area contributed by atoms with Gasteiger partial charge in [0, 0.05) is 25.0 Å². The number of likely N-dealkylation sites (tertiary alicyclic amines) is 1. The van der Waals surface area contributed by atoms with Gasteiger partial charge in [-0.15, -0.1) is 0 Å². The Morgan fingerprint density at radius 2 is 2.00 bits per heavy atom. The Labute approximate surface area is 156 Å². The average molecular weight is 357 g/mol. The van der Waals surface area contributed by atoms with Crippen LogP contribution in [0.3, 0.4) is 0 Å². The fourth-order valence-electron chi connectivity index (χ4n) is 3.98. The summed E-state index contributed by atoms with van der Waals surface area (Å²) in [4.78, 5) is 19.0. The molecule has 1 aromatic carbocycles. The molecule has 0 spiro atoms. The summed E-state index contributed by atoms with van der Waals surface area (Å²) in [5, 5.41) is 3.44. The second kappa shape index (κ2) is 8.11. The molecular formula is C21H31N3O2.